The highest BCUT2D eigenvalue weighted by molar-refractivity contribution is 5.56. The number of rotatable bonds is 1. The highest BCUT2D eigenvalue weighted by atomic mass is 19.1. The molecular formula is C17H25FN2. The number of hydrogen-bond acceptors (Lipinski definition) is 2. The normalized spacial score (nSPS) is 25.9. The van der Waals surface area contributed by atoms with Gasteiger partial charge < -0.3 is 10.2 Å². The minimum atomic E-state index is -0.0790. The first-order chi connectivity index (χ1) is 9.61. The first kappa shape index (κ1) is 13.9. The van der Waals surface area contributed by atoms with E-state index in [2.05, 4.69) is 17.1 Å². The lowest BCUT2D eigenvalue weighted by molar-refractivity contribution is 0.200. The van der Waals surface area contributed by atoms with Crippen LogP contribution in [0.5, 0.6) is 0 Å². The lowest BCUT2D eigenvalue weighted by atomic mass is 9.79. The SMILES string of the molecule is Cc1cccc(F)c1N1CC2(CCCCC2)NCC1C. The number of nitrogens with zero attached hydrogens (tertiary/aromatic N) is 1. The van der Waals surface area contributed by atoms with Gasteiger partial charge in [-0.2, -0.15) is 0 Å². The summed E-state index contributed by atoms with van der Waals surface area (Å²) in [5, 5.41) is 3.76. The molecule has 0 bridgehead atoms. The van der Waals surface area contributed by atoms with Crippen LogP contribution >= 0.6 is 0 Å². The van der Waals surface area contributed by atoms with E-state index in [9.17, 15) is 4.39 Å². The summed E-state index contributed by atoms with van der Waals surface area (Å²) >= 11 is 0. The number of nitrogens with one attached hydrogen (secondary N) is 1. The molecule has 3 heteroatoms. The van der Waals surface area contributed by atoms with E-state index in [0.717, 1.165) is 24.3 Å². The second-order valence-electron chi connectivity index (χ2n) is 6.60. The van der Waals surface area contributed by atoms with Gasteiger partial charge in [-0.3, -0.25) is 0 Å². The van der Waals surface area contributed by atoms with Crippen molar-refractivity contribution in [1.82, 2.24) is 5.32 Å². The second-order valence-corrected chi connectivity index (χ2v) is 6.60. The first-order valence-corrected chi connectivity index (χ1v) is 7.88. The number of piperazine rings is 1. The van der Waals surface area contributed by atoms with Crippen LogP contribution in [0.15, 0.2) is 18.2 Å². The van der Waals surface area contributed by atoms with Gasteiger partial charge in [0, 0.05) is 24.7 Å². The highest BCUT2D eigenvalue weighted by Crippen LogP contribution is 2.35. The number of benzene rings is 1. The number of halogens is 1. The van der Waals surface area contributed by atoms with Crippen molar-refractivity contribution in [3.63, 3.8) is 0 Å². The summed E-state index contributed by atoms with van der Waals surface area (Å²) in [5.41, 5.74) is 2.07. The fraction of sp³-hybridized carbons (Fsp3) is 0.647. The second kappa shape index (κ2) is 5.36. The van der Waals surface area contributed by atoms with Crippen molar-refractivity contribution >= 4 is 5.69 Å². The Morgan fingerprint density at radius 2 is 2.00 bits per heavy atom. The van der Waals surface area contributed by atoms with Gasteiger partial charge >= 0.3 is 0 Å². The third-order valence-corrected chi connectivity index (χ3v) is 5.06. The maximum absolute atomic E-state index is 14.3. The van der Waals surface area contributed by atoms with Crippen molar-refractivity contribution < 1.29 is 4.39 Å². The summed E-state index contributed by atoms with van der Waals surface area (Å²) in [6.07, 6.45) is 6.39. The van der Waals surface area contributed by atoms with E-state index in [1.54, 1.807) is 12.1 Å². The Hall–Kier alpha value is -1.09. The third kappa shape index (κ3) is 2.44. The predicted octanol–water partition coefficient (Wildman–Crippen LogP) is 3.64. The lowest BCUT2D eigenvalue weighted by Gasteiger charge is -2.50. The molecule has 1 saturated heterocycles. The van der Waals surface area contributed by atoms with Crippen molar-refractivity contribution in [3.8, 4) is 0 Å². The van der Waals surface area contributed by atoms with Gasteiger partial charge in [0.25, 0.3) is 0 Å². The third-order valence-electron chi connectivity index (χ3n) is 5.06. The van der Waals surface area contributed by atoms with Gasteiger partial charge in [-0.1, -0.05) is 31.4 Å². The predicted molar refractivity (Wildman–Crippen MR) is 81.8 cm³/mol. The summed E-state index contributed by atoms with van der Waals surface area (Å²) in [6, 6.07) is 5.75. The van der Waals surface area contributed by atoms with Gasteiger partial charge in [-0.25, -0.2) is 4.39 Å². The van der Waals surface area contributed by atoms with Crippen LogP contribution in [0.4, 0.5) is 10.1 Å². The Labute approximate surface area is 121 Å². The lowest BCUT2D eigenvalue weighted by Crippen LogP contribution is -2.64. The Morgan fingerprint density at radius 1 is 1.25 bits per heavy atom. The molecule has 0 aromatic heterocycles. The van der Waals surface area contributed by atoms with E-state index in [1.807, 2.05) is 13.0 Å². The molecule has 2 aliphatic rings. The van der Waals surface area contributed by atoms with Gasteiger partial charge in [-0.15, -0.1) is 0 Å². The fourth-order valence-electron chi connectivity index (χ4n) is 3.86. The van der Waals surface area contributed by atoms with Crippen LogP contribution in [0.2, 0.25) is 0 Å². The Kier molecular flexibility index (Phi) is 3.72. The minimum absolute atomic E-state index is 0.0790. The molecule has 1 aromatic carbocycles. The fourth-order valence-corrected chi connectivity index (χ4v) is 3.86. The van der Waals surface area contributed by atoms with Crippen molar-refractivity contribution in [1.29, 1.82) is 0 Å². The summed E-state index contributed by atoms with van der Waals surface area (Å²) in [4.78, 5) is 2.30. The number of hydrogen-bond donors (Lipinski definition) is 1. The monoisotopic (exact) mass is 276 g/mol. The molecule has 1 spiro atoms. The number of para-hydroxylation sites is 1. The molecule has 20 heavy (non-hydrogen) atoms. The van der Waals surface area contributed by atoms with Gasteiger partial charge in [-0.05, 0) is 38.3 Å². The quantitative estimate of drug-likeness (QED) is 0.842. The summed E-state index contributed by atoms with van der Waals surface area (Å²) in [6.45, 7) is 6.10. The van der Waals surface area contributed by atoms with Crippen LogP contribution in [0.3, 0.4) is 0 Å². The maximum Gasteiger partial charge on any atom is 0.146 e. The van der Waals surface area contributed by atoms with Crippen LogP contribution in [0.25, 0.3) is 0 Å². The molecule has 2 nitrogen and oxygen atoms in total. The van der Waals surface area contributed by atoms with Gasteiger partial charge in [0.1, 0.15) is 5.82 Å². The van der Waals surface area contributed by atoms with Crippen LogP contribution in [0, 0.1) is 12.7 Å². The van der Waals surface area contributed by atoms with Gasteiger partial charge in [0.15, 0.2) is 0 Å². The van der Waals surface area contributed by atoms with E-state index >= 15 is 0 Å². The van der Waals surface area contributed by atoms with E-state index in [4.69, 9.17) is 0 Å². The van der Waals surface area contributed by atoms with Crippen LogP contribution in [-0.2, 0) is 0 Å². The van der Waals surface area contributed by atoms with Crippen molar-refractivity contribution in [2.45, 2.75) is 57.5 Å². The van der Waals surface area contributed by atoms with Gasteiger partial charge in [0.2, 0.25) is 0 Å². The van der Waals surface area contributed by atoms with Crippen molar-refractivity contribution in [3.05, 3.63) is 29.6 Å². The zero-order valence-electron chi connectivity index (χ0n) is 12.6. The maximum atomic E-state index is 14.3. The smallest absolute Gasteiger partial charge is 0.146 e. The highest BCUT2D eigenvalue weighted by Gasteiger charge is 2.39. The molecule has 2 fully saturated rings. The van der Waals surface area contributed by atoms with E-state index in [-0.39, 0.29) is 11.4 Å². The zero-order valence-corrected chi connectivity index (χ0v) is 12.6. The average molecular weight is 276 g/mol. The molecule has 110 valence electrons. The molecule has 3 rings (SSSR count). The Morgan fingerprint density at radius 3 is 2.70 bits per heavy atom. The molecule has 1 heterocycles. The van der Waals surface area contributed by atoms with Crippen LogP contribution in [-0.4, -0.2) is 24.7 Å². The summed E-state index contributed by atoms with van der Waals surface area (Å²) < 4.78 is 14.3. The summed E-state index contributed by atoms with van der Waals surface area (Å²) in [5.74, 6) is -0.0790. The average Bonchev–Trinajstić information content (AvgIpc) is 2.44. The van der Waals surface area contributed by atoms with Crippen molar-refractivity contribution in [2.75, 3.05) is 18.0 Å². The number of anilines is 1. The standard InChI is InChI=1S/C17H25FN2/c1-13-7-6-8-15(18)16(13)20-12-17(19-11-14(20)2)9-4-3-5-10-17/h6-8,14,19H,3-5,9-12H2,1-2H3. The molecule has 1 saturated carbocycles. The molecular weight excluding hydrogens is 251 g/mol. The number of aryl methyl sites for hydroxylation is 1. The Bertz CT molecular complexity index is 460. The molecule has 1 aromatic rings. The largest absolute Gasteiger partial charge is 0.363 e. The molecule has 1 aliphatic heterocycles. The topological polar surface area (TPSA) is 15.3 Å². The molecule has 1 N–H and O–H groups in total. The summed E-state index contributed by atoms with van der Waals surface area (Å²) in [7, 11) is 0. The molecule has 1 unspecified atom stereocenters. The van der Waals surface area contributed by atoms with E-state index in [1.165, 1.54) is 32.1 Å². The minimum Gasteiger partial charge on any atom is -0.363 e. The Balaban J connectivity index is 1.91. The van der Waals surface area contributed by atoms with E-state index in [0.29, 0.717) is 6.04 Å². The van der Waals surface area contributed by atoms with Gasteiger partial charge in [0.05, 0.1) is 5.69 Å². The van der Waals surface area contributed by atoms with Crippen molar-refractivity contribution in [2.24, 2.45) is 0 Å². The van der Waals surface area contributed by atoms with Crippen LogP contribution in [0.1, 0.15) is 44.6 Å². The first-order valence-electron chi connectivity index (χ1n) is 7.88. The molecule has 0 amide bonds. The van der Waals surface area contributed by atoms with E-state index < -0.39 is 0 Å². The molecule has 1 atom stereocenters. The molecule has 0 radical (unpaired) electrons. The van der Waals surface area contributed by atoms with Crippen LogP contribution < -0.4 is 10.2 Å². The zero-order chi connectivity index (χ0) is 14.2. The molecule has 1 aliphatic carbocycles.